The summed E-state index contributed by atoms with van der Waals surface area (Å²) >= 11 is 0. The molecule has 0 aliphatic carbocycles. The molecule has 3 unspecified atom stereocenters. The van der Waals surface area contributed by atoms with E-state index in [0.29, 0.717) is 12.0 Å². The van der Waals surface area contributed by atoms with Crippen LogP contribution in [0.25, 0.3) is 5.57 Å². The highest BCUT2D eigenvalue weighted by atomic mass is 32.2. The molecule has 22 heavy (non-hydrogen) atoms. The topological polar surface area (TPSA) is 86.5 Å². The van der Waals surface area contributed by atoms with Crippen LogP contribution in [0.4, 0.5) is 5.69 Å². The van der Waals surface area contributed by atoms with E-state index in [1.54, 1.807) is 6.07 Å². The van der Waals surface area contributed by atoms with E-state index in [-0.39, 0.29) is 21.8 Å². The maximum absolute atomic E-state index is 12.0. The van der Waals surface area contributed by atoms with E-state index in [1.807, 2.05) is 6.08 Å². The molecule has 0 saturated carbocycles. The van der Waals surface area contributed by atoms with Gasteiger partial charge in [-0.1, -0.05) is 6.08 Å². The van der Waals surface area contributed by atoms with Crippen molar-refractivity contribution in [2.45, 2.75) is 29.8 Å². The van der Waals surface area contributed by atoms with Crippen LogP contribution in [-0.4, -0.2) is 32.7 Å². The van der Waals surface area contributed by atoms with Gasteiger partial charge in [-0.3, -0.25) is 14.3 Å². The van der Waals surface area contributed by atoms with E-state index in [0.717, 1.165) is 18.4 Å². The lowest BCUT2D eigenvalue weighted by atomic mass is 9.97. The lowest BCUT2D eigenvalue weighted by molar-refractivity contribution is -0.385. The minimum atomic E-state index is -0.864. The minimum absolute atomic E-state index is 0.00589. The Morgan fingerprint density at radius 2 is 2.18 bits per heavy atom. The van der Waals surface area contributed by atoms with Gasteiger partial charge >= 0.3 is 5.97 Å². The van der Waals surface area contributed by atoms with E-state index < -0.39 is 21.7 Å². The Kier molecular flexibility index (Phi) is 3.82. The maximum Gasteiger partial charge on any atom is 0.338 e. The molecule has 3 rings (SSSR count). The molecule has 3 atom stereocenters. The molecule has 0 aromatic heterocycles. The molecule has 0 spiro atoms. The summed E-state index contributed by atoms with van der Waals surface area (Å²) in [7, 11) is 0.371. The molecule has 0 amide bonds. The second kappa shape index (κ2) is 5.64. The number of carbonyl (C=O) groups excluding carboxylic acids is 1. The van der Waals surface area contributed by atoms with Crippen LogP contribution in [-0.2, 0) is 15.5 Å². The van der Waals surface area contributed by atoms with Crippen LogP contribution in [0.15, 0.2) is 24.3 Å². The van der Waals surface area contributed by atoms with Crippen molar-refractivity contribution in [2.75, 3.05) is 7.11 Å². The Labute approximate surface area is 129 Å². The minimum Gasteiger partial charge on any atom is -0.465 e. The molecular formula is C15H15NO5S. The van der Waals surface area contributed by atoms with Crippen LogP contribution in [0.5, 0.6) is 0 Å². The number of carbonyl (C=O) groups is 1. The summed E-state index contributed by atoms with van der Waals surface area (Å²) in [4.78, 5) is 22.4. The molecule has 2 aliphatic heterocycles. The molecule has 2 bridgehead atoms. The third-order valence-electron chi connectivity index (χ3n) is 4.20. The number of rotatable bonds is 3. The Morgan fingerprint density at radius 3 is 2.82 bits per heavy atom. The van der Waals surface area contributed by atoms with Gasteiger partial charge in [0.1, 0.15) is 0 Å². The molecule has 2 aliphatic rings. The van der Waals surface area contributed by atoms with E-state index in [9.17, 15) is 19.1 Å². The number of allylic oxidation sites excluding steroid dienone is 1. The number of nitro benzene ring substituents is 1. The summed E-state index contributed by atoms with van der Waals surface area (Å²) in [5.41, 5.74) is 1.41. The van der Waals surface area contributed by atoms with Gasteiger partial charge in [-0.05, 0) is 37.0 Å². The van der Waals surface area contributed by atoms with E-state index >= 15 is 0 Å². The standard InChI is InChI=1S/C15H15NO5S/c1-21-15(17)9-2-5-13(14(8-9)16(18)19)10-6-11-3-4-12(7-10)22(11)20/h2,5-6,8,11-12H,3-4,7H2,1H3. The van der Waals surface area contributed by atoms with Gasteiger partial charge in [0.2, 0.25) is 0 Å². The van der Waals surface area contributed by atoms with Gasteiger partial charge in [0.25, 0.3) is 5.69 Å². The van der Waals surface area contributed by atoms with Crippen LogP contribution >= 0.6 is 0 Å². The van der Waals surface area contributed by atoms with E-state index in [1.165, 1.54) is 19.2 Å². The van der Waals surface area contributed by atoms with Crippen molar-refractivity contribution in [3.05, 3.63) is 45.5 Å². The summed E-state index contributed by atoms with van der Waals surface area (Å²) in [5.74, 6) is -0.603. The molecular weight excluding hydrogens is 306 g/mol. The number of fused-ring (bicyclic) bond motifs is 2. The Hall–Kier alpha value is -2.02. The van der Waals surface area contributed by atoms with Gasteiger partial charge in [0.05, 0.1) is 28.4 Å². The van der Waals surface area contributed by atoms with E-state index in [2.05, 4.69) is 4.74 Å². The van der Waals surface area contributed by atoms with Crippen LogP contribution in [0.2, 0.25) is 0 Å². The second-order valence-electron chi connectivity index (χ2n) is 5.44. The zero-order chi connectivity index (χ0) is 15.9. The molecule has 2 heterocycles. The monoisotopic (exact) mass is 321 g/mol. The third kappa shape index (κ3) is 2.45. The van der Waals surface area contributed by atoms with Gasteiger partial charge < -0.3 is 4.74 Å². The normalized spacial score (nSPS) is 26.4. The summed E-state index contributed by atoms with van der Waals surface area (Å²) in [6.45, 7) is 0. The van der Waals surface area contributed by atoms with Crippen molar-refractivity contribution in [1.29, 1.82) is 0 Å². The Bertz CT molecular complexity index is 712. The van der Waals surface area contributed by atoms with Crippen LogP contribution in [0.3, 0.4) is 0 Å². The molecule has 0 N–H and O–H groups in total. The predicted molar refractivity (Wildman–Crippen MR) is 82.0 cm³/mol. The SMILES string of the molecule is COC(=O)c1ccc(C2=CC3CCC(C2)S3=O)c([N+](=O)[O-])c1. The molecule has 1 fully saturated rings. The van der Waals surface area contributed by atoms with Crippen molar-refractivity contribution in [2.24, 2.45) is 0 Å². The summed E-state index contributed by atoms with van der Waals surface area (Å²) in [6, 6.07) is 4.36. The number of nitro groups is 1. The van der Waals surface area contributed by atoms with Crippen LogP contribution in [0, 0.1) is 10.1 Å². The fraction of sp³-hybridized carbons (Fsp3) is 0.400. The molecule has 1 saturated heterocycles. The van der Waals surface area contributed by atoms with Crippen molar-refractivity contribution >= 4 is 28.0 Å². The fourth-order valence-corrected chi connectivity index (χ4v) is 4.97. The molecule has 6 nitrogen and oxygen atoms in total. The first kappa shape index (κ1) is 14.9. The lowest BCUT2D eigenvalue weighted by Gasteiger charge is -2.19. The number of ether oxygens (including phenoxy) is 1. The Balaban J connectivity index is 2.04. The quantitative estimate of drug-likeness (QED) is 0.485. The zero-order valence-electron chi connectivity index (χ0n) is 12.0. The van der Waals surface area contributed by atoms with Crippen LogP contribution < -0.4 is 0 Å². The number of benzene rings is 1. The second-order valence-corrected chi connectivity index (χ2v) is 7.37. The maximum atomic E-state index is 12.0. The lowest BCUT2D eigenvalue weighted by Crippen LogP contribution is -2.20. The average molecular weight is 321 g/mol. The van der Waals surface area contributed by atoms with Gasteiger partial charge in [-0.25, -0.2) is 4.79 Å². The van der Waals surface area contributed by atoms with Crippen LogP contribution in [0.1, 0.15) is 35.2 Å². The summed E-state index contributed by atoms with van der Waals surface area (Å²) < 4.78 is 16.6. The van der Waals surface area contributed by atoms with E-state index in [4.69, 9.17) is 0 Å². The third-order valence-corrected chi connectivity index (χ3v) is 6.22. The highest BCUT2D eigenvalue weighted by molar-refractivity contribution is 7.86. The van der Waals surface area contributed by atoms with Crippen molar-refractivity contribution in [3.63, 3.8) is 0 Å². The highest BCUT2D eigenvalue weighted by Crippen LogP contribution is 2.41. The summed E-state index contributed by atoms with van der Waals surface area (Å²) in [5, 5.41) is 11.4. The average Bonchev–Trinajstić information content (AvgIpc) is 2.75. The number of hydrogen-bond donors (Lipinski definition) is 0. The molecule has 0 radical (unpaired) electrons. The van der Waals surface area contributed by atoms with Gasteiger partial charge in [-0.15, -0.1) is 0 Å². The zero-order valence-corrected chi connectivity index (χ0v) is 12.8. The number of esters is 1. The molecule has 1 aromatic rings. The molecule has 116 valence electrons. The largest absolute Gasteiger partial charge is 0.465 e. The number of hydrogen-bond acceptors (Lipinski definition) is 5. The first-order chi connectivity index (χ1) is 10.5. The number of methoxy groups -OCH3 is 1. The fourth-order valence-electron chi connectivity index (χ4n) is 3.10. The van der Waals surface area contributed by atoms with Gasteiger partial charge in [0.15, 0.2) is 0 Å². The summed E-state index contributed by atoms with van der Waals surface area (Å²) in [6.07, 6.45) is 4.25. The van der Waals surface area contributed by atoms with Gasteiger partial charge in [0, 0.05) is 22.1 Å². The molecule has 1 aromatic carbocycles. The van der Waals surface area contributed by atoms with Gasteiger partial charge in [-0.2, -0.15) is 0 Å². The smallest absolute Gasteiger partial charge is 0.338 e. The predicted octanol–water partition coefficient (Wildman–Crippen LogP) is 2.45. The highest BCUT2D eigenvalue weighted by Gasteiger charge is 2.37. The molecule has 7 heteroatoms. The van der Waals surface area contributed by atoms with Crippen molar-refractivity contribution in [3.8, 4) is 0 Å². The van der Waals surface area contributed by atoms with Crippen molar-refractivity contribution in [1.82, 2.24) is 0 Å². The Morgan fingerprint density at radius 1 is 1.41 bits per heavy atom. The number of nitrogens with zero attached hydrogens (tertiary/aromatic N) is 1. The first-order valence-electron chi connectivity index (χ1n) is 6.98. The van der Waals surface area contributed by atoms with Crippen molar-refractivity contribution < 1.29 is 18.7 Å². The first-order valence-corrected chi connectivity index (χ1v) is 8.26.